The van der Waals surface area contributed by atoms with Crippen LogP contribution in [0.3, 0.4) is 0 Å². The molecule has 6 nitrogen and oxygen atoms in total. The number of aryl methyl sites for hydroxylation is 1. The van der Waals surface area contributed by atoms with Crippen molar-refractivity contribution < 1.29 is 13.9 Å². The van der Waals surface area contributed by atoms with Crippen LogP contribution in [0.4, 0.5) is 9.52 Å². The highest BCUT2D eigenvalue weighted by Crippen LogP contribution is 2.20. The molecule has 1 aromatic carbocycles. The number of hydrogen-bond acceptors (Lipinski definition) is 6. The quantitative estimate of drug-likeness (QED) is 0.731. The van der Waals surface area contributed by atoms with E-state index in [2.05, 4.69) is 20.3 Å². The number of amides is 1. The SMILES string of the molecule is CCc1cc(OCC(=O)Nc2nccs2)nc(-c2ccc(F)cc2)n1. The van der Waals surface area contributed by atoms with Crippen molar-refractivity contribution in [1.82, 2.24) is 15.0 Å². The molecular weight excluding hydrogens is 343 g/mol. The first-order valence-corrected chi connectivity index (χ1v) is 8.48. The summed E-state index contributed by atoms with van der Waals surface area (Å²) in [5.41, 5.74) is 1.44. The highest BCUT2D eigenvalue weighted by molar-refractivity contribution is 7.13. The lowest BCUT2D eigenvalue weighted by Crippen LogP contribution is -2.20. The fourth-order valence-corrected chi connectivity index (χ4v) is 2.58. The normalized spacial score (nSPS) is 10.5. The molecule has 0 radical (unpaired) electrons. The van der Waals surface area contributed by atoms with Gasteiger partial charge in [-0.25, -0.2) is 14.4 Å². The summed E-state index contributed by atoms with van der Waals surface area (Å²) in [4.78, 5) is 24.6. The number of carbonyl (C=O) groups excluding carboxylic acids is 1. The van der Waals surface area contributed by atoms with Gasteiger partial charge in [-0.2, -0.15) is 4.98 Å². The van der Waals surface area contributed by atoms with Crippen LogP contribution in [-0.2, 0) is 11.2 Å². The van der Waals surface area contributed by atoms with Gasteiger partial charge in [-0.15, -0.1) is 11.3 Å². The summed E-state index contributed by atoms with van der Waals surface area (Å²) in [6.45, 7) is 1.76. The first kappa shape index (κ1) is 17.0. The molecule has 0 aliphatic heterocycles. The van der Waals surface area contributed by atoms with Crippen LogP contribution in [0.15, 0.2) is 41.9 Å². The van der Waals surface area contributed by atoms with Crippen molar-refractivity contribution in [3.63, 3.8) is 0 Å². The Balaban J connectivity index is 1.73. The molecule has 0 aliphatic rings. The molecule has 0 atom stereocenters. The Labute approximate surface area is 147 Å². The topological polar surface area (TPSA) is 77.0 Å². The maximum Gasteiger partial charge on any atom is 0.264 e. The fraction of sp³-hybridized carbons (Fsp3) is 0.176. The minimum Gasteiger partial charge on any atom is -0.467 e. The average Bonchev–Trinajstić information content (AvgIpc) is 3.13. The van der Waals surface area contributed by atoms with Crippen LogP contribution in [0.1, 0.15) is 12.6 Å². The van der Waals surface area contributed by atoms with E-state index < -0.39 is 0 Å². The lowest BCUT2D eigenvalue weighted by molar-refractivity contribution is -0.118. The number of carbonyl (C=O) groups is 1. The van der Waals surface area contributed by atoms with E-state index in [1.165, 1.54) is 23.5 Å². The first-order valence-electron chi connectivity index (χ1n) is 7.60. The Morgan fingerprint density at radius 2 is 2.08 bits per heavy atom. The Morgan fingerprint density at radius 3 is 2.76 bits per heavy atom. The van der Waals surface area contributed by atoms with E-state index in [-0.39, 0.29) is 18.3 Å². The van der Waals surface area contributed by atoms with Crippen LogP contribution >= 0.6 is 11.3 Å². The fourth-order valence-electron chi connectivity index (χ4n) is 2.04. The summed E-state index contributed by atoms with van der Waals surface area (Å²) in [5.74, 6) is 0.0656. The predicted octanol–water partition coefficient (Wildman–Crippen LogP) is 3.32. The first-order chi connectivity index (χ1) is 12.1. The zero-order valence-corrected chi connectivity index (χ0v) is 14.2. The number of halogens is 1. The molecule has 0 saturated heterocycles. The molecule has 0 saturated carbocycles. The van der Waals surface area contributed by atoms with E-state index in [1.807, 2.05) is 6.92 Å². The molecule has 2 heterocycles. The second-order valence-electron chi connectivity index (χ2n) is 5.06. The largest absolute Gasteiger partial charge is 0.467 e. The molecule has 1 amide bonds. The number of thiazole rings is 1. The van der Waals surface area contributed by atoms with E-state index in [4.69, 9.17) is 4.74 Å². The molecule has 25 heavy (non-hydrogen) atoms. The Hall–Kier alpha value is -2.87. The van der Waals surface area contributed by atoms with Gasteiger partial charge in [-0.05, 0) is 30.7 Å². The van der Waals surface area contributed by atoms with Crippen molar-refractivity contribution >= 4 is 22.4 Å². The van der Waals surface area contributed by atoms with E-state index in [0.717, 1.165) is 5.69 Å². The molecule has 2 aromatic heterocycles. The molecule has 3 aromatic rings. The molecule has 0 fully saturated rings. The van der Waals surface area contributed by atoms with Gasteiger partial charge in [0.2, 0.25) is 5.88 Å². The third-order valence-electron chi connectivity index (χ3n) is 3.25. The lowest BCUT2D eigenvalue weighted by Gasteiger charge is -2.09. The minimum atomic E-state index is -0.328. The van der Waals surface area contributed by atoms with Crippen LogP contribution < -0.4 is 10.1 Å². The highest BCUT2D eigenvalue weighted by Gasteiger charge is 2.10. The van der Waals surface area contributed by atoms with Crippen molar-refractivity contribution in [2.45, 2.75) is 13.3 Å². The van der Waals surface area contributed by atoms with Crippen molar-refractivity contribution in [2.75, 3.05) is 11.9 Å². The molecule has 0 aliphatic carbocycles. The molecule has 1 N–H and O–H groups in total. The Morgan fingerprint density at radius 1 is 1.28 bits per heavy atom. The van der Waals surface area contributed by atoms with E-state index >= 15 is 0 Å². The summed E-state index contributed by atoms with van der Waals surface area (Å²) in [5, 5.41) is 4.91. The van der Waals surface area contributed by atoms with Crippen molar-refractivity contribution in [1.29, 1.82) is 0 Å². The minimum absolute atomic E-state index is 0.192. The molecule has 0 unspecified atom stereocenters. The summed E-state index contributed by atoms with van der Waals surface area (Å²) >= 11 is 1.32. The van der Waals surface area contributed by atoms with Gasteiger partial charge in [0.15, 0.2) is 17.6 Å². The number of benzene rings is 1. The number of nitrogens with one attached hydrogen (secondary N) is 1. The molecular formula is C17H15FN4O2S. The smallest absolute Gasteiger partial charge is 0.264 e. The van der Waals surface area contributed by atoms with E-state index in [1.54, 1.807) is 29.8 Å². The molecule has 3 rings (SSSR count). The maximum atomic E-state index is 13.1. The summed E-state index contributed by atoms with van der Waals surface area (Å²) in [7, 11) is 0. The molecule has 128 valence electrons. The predicted molar refractivity (Wildman–Crippen MR) is 93.0 cm³/mol. The van der Waals surface area contributed by atoms with Gasteiger partial charge < -0.3 is 4.74 Å². The zero-order valence-electron chi connectivity index (χ0n) is 13.4. The summed E-state index contributed by atoms with van der Waals surface area (Å²) < 4.78 is 18.6. The number of ether oxygens (including phenoxy) is 1. The average molecular weight is 358 g/mol. The van der Waals surface area contributed by atoms with Crippen LogP contribution in [0.5, 0.6) is 5.88 Å². The third kappa shape index (κ3) is 4.57. The summed E-state index contributed by atoms with van der Waals surface area (Å²) in [6, 6.07) is 7.58. The Bertz CT molecular complexity index is 854. The Kier molecular flexibility index (Phi) is 5.30. The second-order valence-corrected chi connectivity index (χ2v) is 5.95. The zero-order chi connectivity index (χ0) is 17.6. The van der Waals surface area contributed by atoms with Gasteiger partial charge in [0, 0.05) is 28.9 Å². The number of aromatic nitrogens is 3. The van der Waals surface area contributed by atoms with Gasteiger partial charge >= 0.3 is 0 Å². The third-order valence-corrected chi connectivity index (χ3v) is 3.94. The van der Waals surface area contributed by atoms with Gasteiger partial charge in [0.05, 0.1) is 0 Å². The van der Waals surface area contributed by atoms with E-state index in [9.17, 15) is 9.18 Å². The number of anilines is 1. The maximum absolute atomic E-state index is 13.1. The van der Waals surface area contributed by atoms with Crippen molar-refractivity contribution in [2.24, 2.45) is 0 Å². The van der Waals surface area contributed by atoms with Gasteiger partial charge in [0.1, 0.15) is 5.82 Å². The summed E-state index contributed by atoms with van der Waals surface area (Å²) in [6.07, 6.45) is 2.28. The van der Waals surface area contributed by atoms with Crippen LogP contribution in [0.25, 0.3) is 11.4 Å². The second kappa shape index (κ2) is 7.80. The van der Waals surface area contributed by atoms with E-state index in [0.29, 0.717) is 28.8 Å². The standard InChI is InChI=1S/C17H15FN4O2S/c1-2-13-9-15(24-10-14(23)21-17-19-7-8-25-17)22-16(20-13)11-3-5-12(18)6-4-11/h3-9H,2,10H2,1H3,(H,19,21,23). The molecule has 0 bridgehead atoms. The highest BCUT2D eigenvalue weighted by atomic mass is 32.1. The van der Waals surface area contributed by atoms with Gasteiger partial charge in [-0.3, -0.25) is 10.1 Å². The van der Waals surface area contributed by atoms with Gasteiger partial charge in [-0.1, -0.05) is 6.92 Å². The molecule has 8 heteroatoms. The van der Waals surface area contributed by atoms with Crippen molar-refractivity contribution in [3.8, 4) is 17.3 Å². The molecule has 0 spiro atoms. The van der Waals surface area contributed by atoms with Crippen LogP contribution in [-0.4, -0.2) is 27.5 Å². The van der Waals surface area contributed by atoms with Gasteiger partial charge in [0.25, 0.3) is 5.91 Å². The monoisotopic (exact) mass is 358 g/mol. The number of nitrogens with zero attached hydrogens (tertiary/aromatic N) is 3. The van der Waals surface area contributed by atoms with Crippen LogP contribution in [0.2, 0.25) is 0 Å². The van der Waals surface area contributed by atoms with Crippen LogP contribution in [0, 0.1) is 5.82 Å². The lowest BCUT2D eigenvalue weighted by atomic mass is 10.2. The van der Waals surface area contributed by atoms with Crippen molar-refractivity contribution in [3.05, 3.63) is 53.4 Å². The number of rotatable bonds is 6. The number of hydrogen-bond donors (Lipinski definition) is 1.